The van der Waals surface area contributed by atoms with Crippen molar-refractivity contribution in [3.8, 4) is 0 Å². The van der Waals surface area contributed by atoms with E-state index in [4.69, 9.17) is 11.6 Å². The van der Waals surface area contributed by atoms with Crippen molar-refractivity contribution in [1.29, 1.82) is 0 Å². The fourth-order valence-corrected chi connectivity index (χ4v) is 2.92. The number of nitrogens with zero attached hydrogens (tertiary/aromatic N) is 2. The maximum atomic E-state index is 12.4. The second kappa shape index (κ2) is 9.15. The summed E-state index contributed by atoms with van der Waals surface area (Å²) in [6.07, 6.45) is 3.49. The molecular weight excluding hydrogens is 358 g/mol. The standard InChI is InChI=1S/C18H18ClN3O2S/c1-3-9-22(10-4-2)17(24)15-12-25-18(20-15)21-16(23)11-13-5-7-14(19)8-6-13/h3-8,12H,1-2,9-11H2,(H,20,21,23). The average molecular weight is 376 g/mol. The van der Waals surface area contributed by atoms with Crippen LogP contribution in [-0.4, -0.2) is 34.8 Å². The van der Waals surface area contributed by atoms with Crippen molar-refractivity contribution >= 4 is 39.9 Å². The van der Waals surface area contributed by atoms with Crippen LogP contribution >= 0.6 is 22.9 Å². The van der Waals surface area contributed by atoms with Gasteiger partial charge in [-0.05, 0) is 17.7 Å². The quantitative estimate of drug-likeness (QED) is 0.714. The van der Waals surface area contributed by atoms with Crippen LogP contribution in [0.5, 0.6) is 0 Å². The third kappa shape index (κ3) is 5.55. The molecule has 0 aliphatic carbocycles. The molecule has 0 atom stereocenters. The minimum atomic E-state index is -0.228. The molecule has 0 fully saturated rings. The largest absolute Gasteiger partial charge is 0.330 e. The fourth-order valence-electron chi connectivity index (χ4n) is 2.09. The Balaban J connectivity index is 1.99. The first-order valence-corrected chi connectivity index (χ1v) is 8.80. The van der Waals surface area contributed by atoms with Crippen molar-refractivity contribution in [3.63, 3.8) is 0 Å². The lowest BCUT2D eigenvalue weighted by molar-refractivity contribution is -0.115. The van der Waals surface area contributed by atoms with E-state index in [2.05, 4.69) is 23.5 Å². The van der Waals surface area contributed by atoms with Crippen molar-refractivity contribution in [2.75, 3.05) is 18.4 Å². The van der Waals surface area contributed by atoms with Gasteiger partial charge in [0.05, 0.1) is 6.42 Å². The summed E-state index contributed by atoms with van der Waals surface area (Å²) < 4.78 is 0. The molecule has 1 aromatic heterocycles. The van der Waals surface area contributed by atoms with Crippen LogP contribution in [0.4, 0.5) is 5.13 Å². The predicted octanol–water partition coefficient (Wildman–Crippen LogP) is 3.79. The summed E-state index contributed by atoms with van der Waals surface area (Å²) in [5.74, 6) is -0.432. The van der Waals surface area contributed by atoms with E-state index >= 15 is 0 Å². The molecule has 2 amide bonds. The number of benzene rings is 1. The van der Waals surface area contributed by atoms with Gasteiger partial charge in [0.2, 0.25) is 5.91 Å². The molecule has 130 valence electrons. The number of aromatic nitrogens is 1. The normalized spacial score (nSPS) is 10.1. The van der Waals surface area contributed by atoms with E-state index < -0.39 is 0 Å². The molecule has 5 nitrogen and oxygen atoms in total. The lowest BCUT2D eigenvalue weighted by Crippen LogP contribution is -2.31. The number of halogens is 1. The maximum Gasteiger partial charge on any atom is 0.273 e. The molecule has 1 heterocycles. The molecule has 1 N–H and O–H groups in total. The molecule has 0 aliphatic rings. The molecule has 0 radical (unpaired) electrons. The van der Waals surface area contributed by atoms with Crippen molar-refractivity contribution < 1.29 is 9.59 Å². The summed E-state index contributed by atoms with van der Waals surface area (Å²) in [6.45, 7) is 8.08. The first kappa shape index (κ1) is 18.9. The van der Waals surface area contributed by atoms with Gasteiger partial charge in [-0.15, -0.1) is 24.5 Å². The Labute approximate surface area is 155 Å². The predicted molar refractivity (Wildman–Crippen MR) is 102 cm³/mol. The van der Waals surface area contributed by atoms with Gasteiger partial charge in [0, 0.05) is 23.5 Å². The highest BCUT2D eigenvalue weighted by molar-refractivity contribution is 7.14. The van der Waals surface area contributed by atoms with Gasteiger partial charge in [-0.1, -0.05) is 35.9 Å². The third-order valence-electron chi connectivity index (χ3n) is 3.23. The number of amides is 2. The second-order valence-electron chi connectivity index (χ2n) is 5.18. The van der Waals surface area contributed by atoms with Gasteiger partial charge in [0.25, 0.3) is 5.91 Å². The molecule has 25 heavy (non-hydrogen) atoms. The van der Waals surface area contributed by atoms with Gasteiger partial charge in [-0.2, -0.15) is 0 Å². The van der Waals surface area contributed by atoms with Crippen LogP contribution in [0.1, 0.15) is 16.1 Å². The summed E-state index contributed by atoms with van der Waals surface area (Å²) in [5, 5.41) is 5.34. The van der Waals surface area contributed by atoms with Crippen molar-refractivity contribution in [2.45, 2.75) is 6.42 Å². The molecule has 0 aliphatic heterocycles. The molecule has 0 bridgehead atoms. The second-order valence-corrected chi connectivity index (χ2v) is 6.47. The number of rotatable bonds is 8. The summed E-state index contributed by atoms with van der Waals surface area (Å²) in [4.78, 5) is 30.2. The highest BCUT2D eigenvalue weighted by Gasteiger charge is 2.17. The molecule has 7 heteroatoms. The van der Waals surface area contributed by atoms with Gasteiger partial charge in [0.15, 0.2) is 5.13 Å². The van der Waals surface area contributed by atoms with Crippen LogP contribution < -0.4 is 5.32 Å². The van der Waals surface area contributed by atoms with Crippen LogP contribution in [-0.2, 0) is 11.2 Å². The monoisotopic (exact) mass is 375 g/mol. The average Bonchev–Trinajstić information content (AvgIpc) is 3.04. The van der Waals surface area contributed by atoms with Gasteiger partial charge < -0.3 is 10.2 Å². The molecule has 0 spiro atoms. The maximum absolute atomic E-state index is 12.4. The van der Waals surface area contributed by atoms with E-state index in [1.54, 1.807) is 46.7 Å². The summed E-state index contributed by atoms with van der Waals surface area (Å²) >= 11 is 7.03. The zero-order valence-electron chi connectivity index (χ0n) is 13.6. The van der Waals surface area contributed by atoms with Crippen LogP contribution in [0, 0.1) is 0 Å². The highest BCUT2D eigenvalue weighted by atomic mass is 35.5. The first-order chi connectivity index (χ1) is 12.0. The summed E-state index contributed by atoms with van der Waals surface area (Å²) in [6, 6.07) is 7.05. The minimum Gasteiger partial charge on any atom is -0.330 e. The number of carbonyl (C=O) groups excluding carboxylic acids is 2. The van der Waals surface area contributed by atoms with Crippen LogP contribution in [0.15, 0.2) is 55.0 Å². The van der Waals surface area contributed by atoms with Gasteiger partial charge in [0.1, 0.15) is 5.69 Å². The molecule has 0 saturated heterocycles. The molecule has 2 aromatic rings. The Kier molecular flexibility index (Phi) is 6.91. The Morgan fingerprint density at radius 1 is 1.20 bits per heavy atom. The number of nitrogens with one attached hydrogen (secondary N) is 1. The van der Waals surface area contributed by atoms with Crippen LogP contribution in [0.2, 0.25) is 5.02 Å². The van der Waals surface area contributed by atoms with Crippen molar-refractivity contribution in [3.05, 3.63) is 71.2 Å². The van der Waals surface area contributed by atoms with E-state index in [1.807, 2.05) is 0 Å². The summed E-state index contributed by atoms with van der Waals surface area (Å²) in [5.41, 5.74) is 1.13. The van der Waals surface area contributed by atoms with Crippen LogP contribution in [0.3, 0.4) is 0 Å². The smallest absolute Gasteiger partial charge is 0.273 e. The zero-order chi connectivity index (χ0) is 18.2. The Bertz CT molecular complexity index is 761. The van der Waals surface area contributed by atoms with E-state index in [9.17, 15) is 9.59 Å². The Morgan fingerprint density at radius 2 is 1.84 bits per heavy atom. The highest BCUT2D eigenvalue weighted by Crippen LogP contribution is 2.18. The number of thiazole rings is 1. The zero-order valence-corrected chi connectivity index (χ0v) is 15.1. The van der Waals surface area contributed by atoms with Gasteiger partial charge in [-0.3, -0.25) is 9.59 Å². The van der Waals surface area contributed by atoms with Crippen molar-refractivity contribution in [1.82, 2.24) is 9.88 Å². The van der Waals surface area contributed by atoms with E-state index in [1.165, 1.54) is 11.3 Å². The number of hydrogen-bond acceptors (Lipinski definition) is 4. The number of hydrogen-bond donors (Lipinski definition) is 1. The topological polar surface area (TPSA) is 62.3 Å². The Morgan fingerprint density at radius 3 is 2.44 bits per heavy atom. The first-order valence-electron chi connectivity index (χ1n) is 7.54. The molecular formula is C18H18ClN3O2S. The number of anilines is 1. The van der Waals surface area contributed by atoms with Crippen molar-refractivity contribution in [2.24, 2.45) is 0 Å². The van der Waals surface area contributed by atoms with Crippen LogP contribution in [0.25, 0.3) is 0 Å². The molecule has 0 saturated carbocycles. The lowest BCUT2D eigenvalue weighted by atomic mass is 10.1. The van der Waals surface area contributed by atoms with E-state index in [0.717, 1.165) is 5.56 Å². The lowest BCUT2D eigenvalue weighted by Gasteiger charge is -2.17. The number of carbonyl (C=O) groups is 2. The molecule has 1 aromatic carbocycles. The third-order valence-corrected chi connectivity index (χ3v) is 4.24. The SMILES string of the molecule is C=CCN(CC=C)C(=O)c1csc(NC(=O)Cc2ccc(Cl)cc2)n1. The fraction of sp³-hybridized carbons (Fsp3) is 0.167. The summed E-state index contributed by atoms with van der Waals surface area (Å²) in [7, 11) is 0. The Hall–Kier alpha value is -2.44. The van der Waals surface area contributed by atoms with Gasteiger partial charge >= 0.3 is 0 Å². The van der Waals surface area contributed by atoms with Gasteiger partial charge in [-0.25, -0.2) is 4.98 Å². The molecule has 2 rings (SSSR count). The minimum absolute atomic E-state index is 0.204. The van der Waals surface area contributed by atoms with E-state index in [0.29, 0.717) is 23.2 Å². The molecule has 0 unspecified atom stereocenters. The van der Waals surface area contributed by atoms with E-state index in [-0.39, 0.29) is 23.9 Å².